The summed E-state index contributed by atoms with van der Waals surface area (Å²) in [5.74, 6) is 0.419. The van der Waals surface area contributed by atoms with Gasteiger partial charge >= 0.3 is 0 Å². The average Bonchev–Trinajstić information content (AvgIpc) is 2.24. The van der Waals surface area contributed by atoms with Crippen LogP contribution >= 0.6 is 11.8 Å². The van der Waals surface area contributed by atoms with Crippen molar-refractivity contribution < 1.29 is 5.11 Å². The minimum absolute atomic E-state index is 0.209. The number of aliphatic imine (C=N–C) groups is 1. The van der Waals surface area contributed by atoms with Crippen LogP contribution < -0.4 is 5.32 Å². The fourth-order valence-electron chi connectivity index (χ4n) is 1.33. The van der Waals surface area contributed by atoms with Gasteiger partial charge in [-0.3, -0.25) is 10.3 Å². The first-order valence-electron chi connectivity index (χ1n) is 5.12. The summed E-state index contributed by atoms with van der Waals surface area (Å²) in [6.45, 7) is 3.01. The maximum Gasteiger partial charge on any atom is 0.183 e. The molecule has 0 heterocycles. The minimum atomic E-state index is 0.209. The van der Waals surface area contributed by atoms with Gasteiger partial charge in [-0.05, 0) is 25.0 Å². The van der Waals surface area contributed by atoms with Crippen molar-refractivity contribution >= 4 is 16.9 Å². The zero-order valence-corrected chi connectivity index (χ0v) is 10.2. The number of nitrogens with zero attached hydrogens (tertiary/aromatic N) is 2. The van der Waals surface area contributed by atoms with Crippen molar-refractivity contribution in [1.29, 1.82) is 5.26 Å². The van der Waals surface area contributed by atoms with Gasteiger partial charge in [0.2, 0.25) is 0 Å². The summed E-state index contributed by atoms with van der Waals surface area (Å²) >= 11 is 1.43. The third-order valence-corrected chi connectivity index (χ3v) is 2.70. The monoisotopic (exact) mass is 229 g/mol. The lowest BCUT2D eigenvalue weighted by atomic mass is 10.0. The molecular formula is C10H19N3OS. The topological polar surface area (TPSA) is 68.4 Å². The molecule has 5 heteroatoms. The molecule has 0 amide bonds. The SMILES string of the molecule is CCCC(CCO)CN=C(NC#N)SC. The standard InChI is InChI=1S/C10H19N3OS/c1-3-4-9(5-6-14)7-12-10(15-2)13-8-11/h9,14H,3-7H2,1-2H3,(H,12,13). The molecule has 0 spiro atoms. The number of rotatable bonds is 6. The zero-order chi connectivity index (χ0) is 11.5. The van der Waals surface area contributed by atoms with E-state index < -0.39 is 0 Å². The van der Waals surface area contributed by atoms with Crippen molar-refractivity contribution in [1.82, 2.24) is 5.32 Å². The van der Waals surface area contributed by atoms with Crippen LogP contribution in [0, 0.1) is 17.4 Å². The third kappa shape index (κ3) is 7.23. The van der Waals surface area contributed by atoms with Crippen molar-refractivity contribution in [3.05, 3.63) is 0 Å². The van der Waals surface area contributed by atoms with Gasteiger partial charge in [-0.1, -0.05) is 25.1 Å². The Morgan fingerprint density at radius 2 is 2.33 bits per heavy atom. The molecule has 0 aliphatic heterocycles. The summed E-state index contributed by atoms with van der Waals surface area (Å²) in [6, 6.07) is 0. The number of amidine groups is 1. The largest absolute Gasteiger partial charge is 0.396 e. The Kier molecular flexibility index (Phi) is 9.33. The summed E-state index contributed by atoms with van der Waals surface area (Å²) in [5.41, 5.74) is 0. The lowest BCUT2D eigenvalue weighted by molar-refractivity contribution is 0.254. The average molecular weight is 229 g/mol. The molecule has 15 heavy (non-hydrogen) atoms. The van der Waals surface area contributed by atoms with Gasteiger partial charge in [0.1, 0.15) is 0 Å². The van der Waals surface area contributed by atoms with Crippen LogP contribution in [-0.4, -0.2) is 29.7 Å². The van der Waals surface area contributed by atoms with Gasteiger partial charge in [-0.25, -0.2) is 0 Å². The number of nitriles is 1. The number of thioether (sulfide) groups is 1. The van der Waals surface area contributed by atoms with Crippen molar-refractivity contribution in [3.63, 3.8) is 0 Å². The summed E-state index contributed by atoms with van der Waals surface area (Å²) in [6.07, 6.45) is 6.68. The van der Waals surface area contributed by atoms with E-state index in [2.05, 4.69) is 17.2 Å². The number of nitrogens with one attached hydrogen (secondary N) is 1. The Bertz CT molecular complexity index is 219. The molecule has 86 valence electrons. The molecular weight excluding hydrogens is 210 g/mol. The van der Waals surface area contributed by atoms with Crippen molar-refractivity contribution in [3.8, 4) is 6.19 Å². The van der Waals surface area contributed by atoms with E-state index in [1.54, 1.807) is 0 Å². The van der Waals surface area contributed by atoms with Crippen molar-refractivity contribution in [2.24, 2.45) is 10.9 Å². The Balaban J connectivity index is 4.08. The van der Waals surface area contributed by atoms with Gasteiger partial charge in [0, 0.05) is 13.2 Å². The quantitative estimate of drug-likeness (QED) is 0.314. The molecule has 4 nitrogen and oxygen atoms in total. The Morgan fingerprint density at radius 3 is 2.80 bits per heavy atom. The number of aliphatic hydroxyl groups is 1. The highest BCUT2D eigenvalue weighted by Gasteiger charge is 2.06. The summed E-state index contributed by atoms with van der Waals surface area (Å²) in [4.78, 5) is 4.30. The first-order chi connectivity index (χ1) is 7.28. The normalized spacial score (nSPS) is 13.3. The highest BCUT2D eigenvalue weighted by atomic mass is 32.2. The molecule has 0 saturated heterocycles. The maximum absolute atomic E-state index is 8.87. The van der Waals surface area contributed by atoms with Gasteiger partial charge in [-0.15, -0.1) is 0 Å². The molecule has 0 rings (SSSR count). The van der Waals surface area contributed by atoms with Crippen molar-refractivity contribution in [2.75, 3.05) is 19.4 Å². The first kappa shape index (κ1) is 14.3. The Morgan fingerprint density at radius 1 is 1.60 bits per heavy atom. The second-order valence-corrected chi connectivity index (χ2v) is 4.05. The van der Waals surface area contributed by atoms with Gasteiger partial charge in [0.15, 0.2) is 11.4 Å². The van der Waals surface area contributed by atoms with Gasteiger partial charge < -0.3 is 5.11 Å². The number of hydrogen-bond donors (Lipinski definition) is 2. The third-order valence-electron chi connectivity index (χ3n) is 2.08. The van der Waals surface area contributed by atoms with E-state index in [1.807, 2.05) is 12.4 Å². The van der Waals surface area contributed by atoms with E-state index in [-0.39, 0.29) is 6.61 Å². The summed E-state index contributed by atoms with van der Waals surface area (Å²) in [5, 5.41) is 20.5. The fraction of sp³-hybridized carbons (Fsp3) is 0.800. The molecule has 2 N–H and O–H groups in total. The van der Waals surface area contributed by atoms with Gasteiger partial charge in [0.25, 0.3) is 0 Å². The zero-order valence-electron chi connectivity index (χ0n) is 9.36. The van der Waals surface area contributed by atoms with Crippen LogP contribution in [0.3, 0.4) is 0 Å². The maximum atomic E-state index is 8.87. The first-order valence-corrected chi connectivity index (χ1v) is 6.35. The van der Waals surface area contributed by atoms with Crippen LogP contribution in [0.25, 0.3) is 0 Å². The smallest absolute Gasteiger partial charge is 0.183 e. The van der Waals surface area contributed by atoms with E-state index in [0.717, 1.165) is 19.3 Å². The fourth-order valence-corrected chi connectivity index (χ4v) is 1.68. The van der Waals surface area contributed by atoms with Crippen LogP contribution in [0.15, 0.2) is 4.99 Å². The summed E-state index contributed by atoms with van der Waals surface area (Å²) in [7, 11) is 0. The molecule has 0 aromatic rings. The van der Waals surface area contributed by atoms with E-state index in [0.29, 0.717) is 17.6 Å². The van der Waals surface area contributed by atoms with E-state index in [9.17, 15) is 0 Å². The molecule has 0 aliphatic carbocycles. The minimum Gasteiger partial charge on any atom is -0.396 e. The Hall–Kier alpha value is -0.730. The second-order valence-electron chi connectivity index (χ2n) is 3.25. The molecule has 0 bridgehead atoms. The van der Waals surface area contributed by atoms with Crippen molar-refractivity contribution in [2.45, 2.75) is 26.2 Å². The van der Waals surface area contributed by atoms with Crippen LogP contribution in [0.1, 0.15) is 26.2 Å². The molecule has 0 aromatic heterocycles. The molecule has 0 fully saturated rings. The summed E-state index contributed by atoms with van der Waals surface area (Å²) < 4.78 is 0. The van der Waals surface area contributed by atoms with Gasteiger partial charge in [-0.2, -0.15) is 5.26 Å². The molecule has 1 atom stereocenters. The predicted molar refractivity (Wildman–Crippen MR) is 64.7 cm³/mol. The second kappa shape index (κ2) is 9.81. The van der Waals surface area contributed by atoms with E-state index >= 15 is 0 Å². The van der Waals surface area contributed by atoms with Crippen LogP contribution in [0.4, 0.5) is 0 Å². The number of aliphatic hydroxyl groups excluding tert-OH is 1. The number of hydrogen-bond acceptors (Lipinski definition) is 4. The Labute approximate surface area is 95.8 Å². The predicted octanol–water partition coefficient (Wildman–Crippen LogP) is 1.57. The van der Waals surface area contributed by atoms with E-state index in [4.69, 9.17) is 10.4 Å². The highest BCUT2D eigenvalue weighted by Crippen LogP contribution is 2.11. The molecule has 0 saturated carbocycles. The lowest BCUT2D eigenvalue weighted by Crippen LogP contribution is -2.16. The van der Waals surface area contributed by atoms with Crippen LogP contribution in [0.5, 0.6) is 0 Å². The molecule has 0 aromatic carbocycles. The molecule has 1 unspecified atom stereocenters. The van der Waals surface area contributed by atoms with Gasteiger partial charge in [0.05, 0.1) is 0 Å². The molecule has 0 radical (unpaired) electrons. The van der Waals surface area contributed by atoms with Crippen LogP contribution in [-0.2, 0) is 0 Å². The van der Waals surface area contributed by atoms with Crippen LogP contribution in [0.2, 0.25) is 0 Å². The molecule has 0 aliphatic rings. The highest BCUT2D eigenvalue weighted by molar-refractivity contribution is 8.13. The van der Waals surface area contributed by atoms with E-state index in [1.165, 1.54) is 11.8 Å². The lowest BCUT2D eigenvalue weighted by Gasteiger charge is -2.12.